The predicted molar refractivity (Wildman–Crippen MR) is 104 cm³/mol. The molecule has 4 heterocycles. The third-order valence-corrected chi connectivity index (χ3v) is 6.57. The van der Waals surface area contributed by atoms with Crippen LogP contribution in [-0.4, -0.2) is 49.2 Å². The van der Waals surface area contributed by atoms with Crippen molar-refractivity contribution in [2.24, 2.45) is 13.0 Å². The first-order valence-electron chi connectivity index (χ1n) is 8.83. The summed E-state index contributed by atoms with van der Waals surface area (Å²) >= 11 is 2.59. The van der Waals surface area contributed by atoms with Crippen LogP contribution in [0.1, 0.15) is 45.6 Å². The van der Waals surface area contributed by atoms with Crippen molar-refractivity contribution >= 4 is 44.9 Å². The van der Waals surface area contributed by atoms with E-state index in [-0.39, 0.29) is 18.4 Å². The average Bonchev–Trinajstić information content (AvgIpc) is 3.39. The Hall–Kier alpha value is -2.33. The SMILES string of the molecule is CC1CCN(C(=O)c2cc3c(CNC(=O)c4csnn4)nn(C)c3s2)CC1. The molecule has 0 atom stereocenters. The number of rotatable bonds is 4. The number of likely N-dealkylation sites (tertiary alicyclic amines) is 1. The van der Waals surface area contributed by atoms with Gasteiger partial charge in [-0.25, -0.2) is 0 Å². The molecule has 1 aliphatic heterocycles. The van der Waals surface area contributed by atoms with Crippen LogP contribution in [0.3, 0.4) is 0 Å². The van der Waals surface area contributed by atoms with E-state index in [1.54, 1.807) is 10.1 Å². The maximum absolute atomic E-state index is 12.8. The number of nitrogens with one attached hydrogen (secondary N) is 1. The average molecular weight is 405 g/mol. The largest absolute Gasteiger partial charge is 0.345 e. The molecule has 0 aliphatic carbocycles. The van der Waals surface area contributed by atoms with Crippen LogP contribution >= 0.6 is 22.9 Å². The smallest absolute Gasteiger partial charge is 0.273 e. The monoisotopic (exact) mass is 404 g/mol. The summed E-state index contributed by atoms with van der Waals surface area (Å²) < 4.78 is 5.46. The van der Waals surface area contributed by atoms with Gasteiger partial charge in [-0.2, -0.15) is 5.10 Å². The molecule has 1 aliphatic rings. The Morgan fingerprint density at radius 2 is 2.11 bits per heavy atom. The molecule has 0 spiro atoms. The zero-order valence-electron chi connectivity index (χ0n) is 15.1. The van der Waals surface area contributed by atoms with Gasteiger partial charge in [-0.3, -0.25) is 14.3 Å². The lowest BCUT2D eigenvalue weighted by molar-refractivity contribution is 0.0702. The molecule has 27 heavy (non-hydrogen) atoms. The van der Waals surface area contributed by atoms with Gasteiger partial charge in [0.05, 0.1) is 17.1 Å². The Kier molecular flexibility index (Phi) is 4.92. The molecule has 3 aromatic rings. The zero-order valence-corrected chi connectivity index (χ0v) is 16.8. The minimum Gasteiger partial charge on any atom is -0.345 e. The van der Waals surface area contributed by atoms with Crippen molar-refractivity contribution in [3.8, 4) is 0 Å². The fourth-order valence-electron chi connectivity index (χ4n) is 3.23. The standard InChI is InChI=1S/C17H20N6O2S2/c1-10-3-5-23(6-4-10)16(25)14-7-11-12(20-22(2)17(11)27-14)8-18-15(24)13-9-26-21-19-13/h7,9-10H,3-6,8H2,1-2H3,(H,18,24). The van der Waals surface area contributed by atoms with Crippen LogP contribution in [0.25, 0.3) is 10.2 Å². The lowest BCUT2D eigenvalue weighted by atomic mass is 9.99. The molecule has 0 saturated carbocycles. The summed E-state index contributed by atoms with van der Waals surface area (Å²) in [5.74, 6) is 0.493. The van der Waals surface area contributed by atoms with Gasteiger partial charge in [0.1, 0.15) is 4.83 Å². The number of amides is 2. The van der Waals surface area contributed by atoms with E-state index in [4.69, 9.17) is 0 Å². The molecule has 0 bridgehead atoms. The molecule has 4 rings (SSSR count). The summed E-state index contributed by atoms with van der Waals surface area (Å²) in [5.41, 5.74) is 1.04. The number of nitrogens with zero attached hydrogens (tertiary/aromatic N) is 5. The zero-order chi connectivity index (χ0) is 19.0. The minimum atomic E-state index is -0.281. The van der Waals surface area contributed by atoms with Crippen molar-refractivity contribution in [2.45, 2.75) is 26.3 Å². The van der Waals surface area contributed by atoms with E-state index < -0.39 is 0 Å². The van der Waals surface area contributed by atoms with Gasteiger partial charge >= 0.3 is 0 Å². The minimum absolute atomic E-state index is 0.0895. The van der Waals surface area contributed by atoms with Crippen LogP contribution in [0.2, 0.25) is 0 Å². The topological polar surface area (TPSA) is 93.0 Å². The highest BCUT2D eigenvalue weighted by atomic mass is 32.1. The molecule has 0 unspecified atom stereocenters. The maximum Gasteiger partial charge on any atom is 0.273 e. The number of aromatic nitrogens is 4. The third kappa shape index (κ3) is 3.59. The van der Waals surface area contributed by atoms with E-state index in [9.17, 15) is 9.59 Å². The van der Waals surface area contributed by atoms with Gasteiger partial charge in [0, 0.05) is 30.9 Å². The molecule has 3 aromatic heterocycles. The highest BCUT2D eigenvalue weighted by Crippen LogP contribution is 2.30. The van der Waals surface area contributed by atoms with E-state index in [0.717, 1.165) is 58.3 Å². The highest BCUT2D eigenvalue weighted by molar-refractivity contribution is 7.20. The van der Waals surface area contributed by atoms with Crippen LogP contribution < -0.4 is 5.32 Å². The molecule has 8 nitrogen and oxygen atoms in total. The predicted octanol–water partition coefficient (Wildman–Crippen LogP) is 2.29. The number of piperidine rings is 1. The molecular formula is C17H20N6O2S2. The number of thiophene rings is 1. The van der Waals surface area contributed by atoms with Crippen molar-refractivity contribution in [3.05, 3.63) is 27.7 Å². The maximum atomic E-state index is 12.8. The number of carbonyl (C=O) groups is 2. The second-order valence-electron chi connectivity index (χ2n) is 6.85. The quantitative estimate of drug-likeness (QED) is 0.720. The summed E-state index contributed by atoms with van der Waals surface area (Å²) in [7, 11) is 1.85. The number of hydrogen-bond donors (Lipinski definition) is 1. The lowest BCUT2D eigenvalue weighted by Gasteiger charge is -2.29. The van der Waals surface area contributed by atoms with Gasteiger partial charge in [0.25, 0.3) is 11.8 Å². The molecule has 1 N–H and O–H groups in total. The number of hydrogen-bond acceptors (Lipinski definition) is 7. The van der Waals surface area contributed by atoms with E-state index in [1.165, 1.54) is 11.3 Å². The Balaban J connectivity index is 1.51. The summed E-state index contributed by atoms with van der Waals surface area (Å²) in [6.07, 6.45) is 2.11. The van der Waals surface area contributed by atoms with E-state index >= 15 is 0 Å². The van der Waals surface area contributed by atoms with Crippen LogP contribution in [0, 0.1) is 5.92 Å². The lowest BCUT2D eigenvalue weighted by Crippen LogP contribution is -2.37. The fraction of sp³-hybridized carbons (Fsp3) is 0.471. The molecular weight excluding hydrogens is 384 g/mol. The molecule has 10 heteroatoms. The molecule has 2 amide bonds. The van der Waals surface area contributed by atoms with Crippen LogP contribution in [0.4, 0.5) is 0 Å². The Labute approximate surface area is 164 Å². The fourth-order valence-corrected chi connectivity index (χ4v) is 4.73. The Bertz CT molecular complexity index is 969. The van der Waals surface area contributed by atoms with E-state index in [2.05, 4.69) is 26.9 Å². The number of carbonyl (C=O) groups excluding carboxylic acids is 2. The second-order valence-corrected chi connectivity index (χ2v) is 8.49. The van der Waals surface area contributed by atoms with Crippen LogP contribution in [-0.2, 0) is 13.6 Å². The summed E-state index contributed by atoms with van der Waals surface area (Å²) in [4.78, 5) is 28.5. The van der Waals surface area contributed by atoms with Gasteiger partial charge in [0.2, 0.25) is 0 Å². The van der Waals surface area contributed by atoms with Gasteiger partial charge in [-0.1, -0.05) is 11.4 Å². The summed E-state index contributed by atoms with van der Waals surface area (Å²) in [6, 6.07) is 1.90. The van der Waals surface area contributed by atoms with Crippen molar-refractivity contribution in [2.75, 3.05) is 13.1 Å². The third-order valence-electron chi connectivity index (χ3n) is 4.88. The molecule has 1 saturated heterocycles. The molecule has 0 radical (unpaired) electrons. The Morgan fingerprint density at radius 3 is 2.81 bits per heavy atom. The molecule has 142 valence electrons. The van der Waals surface area contributed by atoms with Gasteiger partial charge < -0.3 is 10.2 Å². The summed E-state index contributed by atoms with van der Waals surface area (Å²) in [5, 5.41) is 13.6. The first-order valence-corrected chi connectivity index (χ1v) is 10.5. The van der Waals surface area contributed by atoms with Gasteiger partial charge in [-0.15, -0.1) is 16.4 Å². The second kappa shape index (κ2) is 7.35. The first-order chi connectivity index (χ1) is 13.0. The van der Waals surface area contributed by atoms with Crippen molar-refractivity contribution in [1.82, 2.24) is 29.6 Å². The molecule has 1 fully saturated rings. The Morgan fingerprint density at radius 1 is 1.33 bits per heavy atom. The normalized spacial score (nSPS) is 15.4. The van der Waals surface area contributed by atoms with Crippen LogP contribution in [0.15, 0.2) is 11.4 Å². The first kappa shape index (κ1) is 18.1. The molecule has 0 aromatic carbocycles. The van der Waals surface area contributed by atoms with E-state index in [1.807, 2.05) is 18.0 Å². The highest BCUT2D eigenvalue weighted by Gasteiger charge is 2.24. The van der Waals surface area contributed by atoms with Gasteiger partial charge in [-0.05, 0) is 36.4 Å². The summed E-state index contributed by atoms with van der Waals surface area (Å²) in [6.45, 7) is 4.14. The van der Waals surface area contributed by atoms with E-state index in [0.29, 0.717) is 11.6 Å². The van der Waals surface area contributed by atoms with Crippen molar-refractivity contribution in [1.29, 1.82) is 0 Å². The van der Waals surface area contributed by atoms with Crippen LogP contribution in [0.5, 0.6) is 0 Å². The number of aryl methyl sites for hydroxylation is 1. The number of fused-ring (bicyclic) bond motifs is 1. The van der Waals surface area contributed by atoms with Crippen molar-refractivity contribution < 1.29 is 9.59 Å². The van der Waals surface area contributed by atoms with Crippen molar-refractivity contribution in [3.63, 3.8) is 0 Å². The van der Waals surface area contributed by atoms with Gasteiger partial charge in [0.15, 0.2) is 5.69 Å².